The summed E-state index contributed by atoms with van der Waals surface area (Å²) in [5.74, 6) is 0. The van der Waals surface area contributed by atoms with Crippen molar-refractivity contribution >= 4 is 27.5 Å². The van der Waals surface area contributed by atoms with Gasteiger partial charge in [0, 0.05) is 15.9 Å². The highest BCUT2D eigenvalue weighted by molar-refractivity contribution is 9.10. The van der Waals surface area contributed by atoms with Crippen LogP contribution in [0.1, 0.15) is 28.4 Å². The first-order valence-corrected chi connectivity index (χ1v) is 7.33. The first kappa shape index (κ1) is 14.6. The Morgan fingerprint density at radius 1 is 1.16 bits per heavy atom. The van der Waals surface area contributed by atoms with Gasteiger partial charge in [-0.05, 0) is 48.7 Å². The molecule has 0 heterocycles. The van der Waals surface area contributed by atoms with Crippen molar-refractivity contribution < 1.29 is 5.11 Å². The van der Waals surface area contributed by atoms with Crippen molar-refractivity contribution in [3.05, 3.63) is 68.1 Å². The van der Waals surface area contributed by atoms with E-state index in [9.17, 15) is 5.11 Å². The standard InChI is InChI=1S/C16H16BrClO/c1-10-3-4-11(2)12(5-10)8-16(19)13-6-14(17)9-15(18)7-13/h3-7,9,16,19H,8H2,1-2H3. The fraction of sp³-hybridized carbons (Fsp3) is 0.250. The van der Waals surface area contributed by atoms with Gasteiger partial charge in [-0.25, -0.2) is 0 Å². The Morgan fingerprint density at radius 3 is 2.58 bits per heavy atom. The van der Waals surface area contributed by atoms with Gasteiger partial charge in [0.1, 0.15) is 0 Å². The van der Waals surface area contributed by atoms with Crippen molar-refractivity contribution in [2.75, 3.05) is 0 Å². The Kier molecular flexibility index (Phi) is 4.67. The summed E-state index contributed by atoms with van der Waals surface area (Å²) < 4.78 is 0.884. The Bertz CT molecular complexity index is 575. The van der Waals surface area contributed by atoms with E-state index in [1.807, 2.05) is 18.2 Å². The minimum Gasteiger partial charge on any atom is -0.388 e. The number of hydrogen-bond donors (Lipinski definition) is 1. The fourth-order valence-electron chi connectivity index (χ4n) is 2.11. The fourth-order valence-corrected chi connectivity index (χ4v) is 3.00. The molecule has 1 N–H and O–H groups in total. The molecule has 0 saturated carbocycles. The molecule has 2 rings (SSSR count). The maximum Gasteiger partial charge on any atom is 0.0831 e. The molecule has 2 aromatic carbocycles. The van der Waals surface area contributed by atoms with E-state index in [-0.39, 0.29) is 0 Å². The number of hydrogen-bond acceptors (Lipinski definition) is 1. The van der Waals surface area contributed by atoms with Crippen LogP contribution in [0.25, 0.3) is 0 Å². The predicted octanol–water partition coefficient (Wildman–Crippen LogP) is 5.00. The molecule has 0 fully saturated rings. The topological polar surface area (TPSA) is 20.2 Å². The highest BCUT2D eigenvalue weighted by Crippen LogP contribution is 2.27. The van der Waals surface area contributed by atoms with Gasteiger partial charge in [0.2, 0.25) is 0 Å². The van der Waals surface area contributed by atoms with Gasteiger partial charge in [-0.15, -0.1) is 0 Å². The molecule has 19 heavy (non-hydrogen) atoms. The average Bonchev–Trinajstić information content (AvgIpc) is 2.32. The van der Waals surface area contributed by atoms with Crippen molar-refractivity contribution in [2.45, 2.75) is 26.4 Å². The zero-order valence-corrected chi connectivity index (χ0v) is 13.3. The summed E-state index contributed by atoms with van der Waals surface area (Å²) >= 11 is 9.41. The third-order valence-electron chi connectivity index (χ3n) is 3.19. The van der Waals surface area contributed by atoms with Gasteiger partial charge in [0.15, 0.2) is 0 Å². The third-order valence-corrected chi connectivity index (χ3v) is 3.86. The lowest BCUT2D eigenvalue weighted by Crippen LogP contribution is -2.03. The first-order chi connectivity index (χ1) is 8.95. The van der Waals surface area contributed by atoms with E-state index in [2.05, 4.69) is 48.0 Å². The molecule has 0 saturated heterocycles. The van der Waals surface area contributed by atoms with Crippen molar-refractivity contribution in [1.29, 1.82) is 0 Å². The van der Waals surface area contributed by atoms with E-state index in [1.165, 1.54) is 16.7 Å². The minimum atomic E-state index is -0.546. The molecule has 3 heteroatoms. The van der Waals surface area contributed by atoms with Crippen LogP contribution in [0.4, 0.5) is 0 Å². The van der Waals surface area contributed by atoms with Crippen molar-refractivity contribution in [1.82, 2.24) is 0 Å². The molecular formula is C16H16BrClO. The van der Waals surface area contributed by atoms with Crippen LogP contribution < -0.4 is 0 Å². The quantitative estimate of drug-likeness (QED) is 0.834. The van der Waals surface area contributed by atoms with Crippen molar-refractivity contribution in [2.24, 2.45) is 0 Å². The first-order valence-electron chi connectivity index (χ1n) is 6.16. The van der Waals surface area contributed by atoms with Gasteiger partial charge in [-0.2, -0.15) is 0 Å². The zero-order valence-electron chi connectivity index (χ0n) is 11.0. The summed E-state index contributed by atoms with van der Waals surface area (Å²) in [5, 5.41) is 11.0. The van der Waals surface area contributed by atoms with E-state index < -0.39 is 6.10 Å². The summed E-state index contributed by atoms with van der Waals surface area (Å²) in [5.41, 5.74) is 4.41. The number of aliphatic hydroxyl groups excluding tert-OH is 1. The second-order valence-corrected chi connectivity index (χ2v) is 6.20. The number of aryl methyl sites for hydroxylation is 2. The Balaban J connectivity index is 2.25. The molecule has 1 nitrogen and oxygen atoms in total. The Labute approximate surface area is 127 Å². The number of halogens is 2. The second-order valence-electron chi connectivity index (χ2n) is 4.85. The molecule has 0 aliphatic carbocycles. The number of aliphatic hydroxyl groups is 1. The third kappa shape index (κ3) is 3.82. The van der Waals surface area contributed by atoms with Crippen LogP contribution >= 0.6 is 27.5 Å². The van der Waals surface area contributed by atoms with Crippen LogP contribution in [0.3, 0.4) is 0 Å². The van der Waals surface area contributed by atoms with Crippen molar-refractivity contribution in [3.8, 4) is 0 Å². The highest BCUT2D eigenvalue weighted by atomic mass is 79.9. The smallest absolute Gasteiger partial charge is 0.0831 e. The van der Waals surface area contributed by atoms with E-state index in [1.54, 1.807) is 0 Å². The van der Waals surface area contributed by atoms with Crippen LogP contribution in [0.15, 0.2) is 40.9 Å². The monoisotopic (exact) mass is 338 g/mol. The SMILES string of the molecule is Cc1ccc(C)c(CC(O)c2cc(Cl)cc(Br)c2)c1. The molecule has 0 aliphatic rings. The van der Waals surface area contributed by atoms with E-state index in [0.717, 1.165) is 10.0 Å². The van der Waals surface area contributed by atoms with Crippen LogP contribution in [0.2, 0.25) is 5.02 Å². The molecule has 0 bridgehead atoms. The lowest BCUT2D eigenvalue weighted by Gasteiger charge is -2.14. The lowest BCUT2D eigenvalue weighted by atomic mass is 9.97. The number of rotatable bonds is 3. The van der Waals surface area contributed by atoms with Gasteiger partial charge in [0.25, 0.3) is 0 Å². The number of benzene rings is 2. The van der Waals surface area contributed by atoms with Crippen LogP contribution in [-0.2, 0) is 6.42 Å². The summed E-state index contributed by atoms with van der Waals surface area (Å²) in [6, 6.07) is 11.8. The van der Waals surface area contributed by atoms with Crippen molar-refractivity contribution in [3.63, 3.8) is 0 Å². The Morgan fingerprint density at radius 2 is 1.89 bits per heavy atom. The maximum atomic E-state index is 10.4. The largest absolute Gasteiger partial charge is 0.388 e. The minimum absolute atomic E-state index is 0.546. The van der Waals surface area contributed by atoms with E-state index >= 15 is 0 Å². The summed E-state index contributed by atoms with van der Waals surface area (Å²) in [7, 11) is 0. The van der Waals surface area contributed by atoms with E-state index in [4.69, 9.17) is 11.6 Å². The molecule has 0 radical (unpaired) electrons. The van der Waals surface area contributed by atoms with Gasteiger partial charge in [0.05, 0.1) is 6.10 Å². The molecule has 0 aromatic heterocycles. The summed E-state index contributed by atoms with van der Waals surface area (Å²) in [6.07, 6.45) is 0.0517. The molecule has 2 aromatic rings. The predicted molar refractivity (Wildman–Crippen MR) is 83.7 cm³/mol. The molecule has 0 spiro atoms. The second kappa shape index (κ2) is 6.08. The average molecular weight is 340 g/mol. The molecule has 100 valence electrons. The maximum absolute atomic E-state index is 10.4. The highest BCUT2D eigenvalue weighted by Gasteiger charge is 2.12. The molecule has 0 amide bonds. The summed E-state index contributed by atoms with van der Waals surface area (Å²) in [4.78, 5) is 0. The lowest BCUT2D eigenvalue weighted by molar-refractivity contribution is 0.178. The Hall–Kier alpha value is -0.830. The van der Waals surface area contributed by atoms with Crippen LogP contribution in [0, 0.1) is 13.8 Å². The van der Waals surface area contributed by atoms with Crippen LogP contribution in [-0.4, -0.2) is 5.11 Å². The van der Waals surface area contributed by atoms with Gasteiger partial charge in [-0.3, -0.25) is 0 Å². The summed E-state index contributed by atoms with van der Waals surface area (Å²) in [6.45, 7) is 4.13. The van der Waals surface area contributed by atoms with Gasteiger partial charge in [-0.1, -0.05) is 51.3 Å². The van der Waals surface area contributed by atoms with E-state index in [0.29, 0.717) is 11.4 Å². The molecule has 0 aliphatic heterocycles. The van der Waals surface area contributed by atoms with Gasteiger partial charge >= 0.3 is 0 Å². The zero-order chi connectivity index (χ0) is 14.0. The molecule has 1 atom stereocenters. The van der Waals surface area contributed by atoms with Gasteiger partial charge < -0.3 is 5.11 Å². The normalized spacial score (nSPS) is 12.5. The molecule has 1 unspecified atom stereocenters. The molecular weight excluding hydrogens is 324 g/mol. The van der Waals surface area contributed by atoms with Crippen LogP contribution in [0.5, 0.6) is 0 Å².